The SMILES string of the molecule is COc1cc2c(cc1OC)C(=O)/C(=C\C1CCNCC1)C2. The van der Waals surface area contributed by atoms with Gasteiger partial charge in [0.25, 0.3) is 0 Å². The van der Waals surface area contributed by atoms with E-state index in [1.54, 1.807) is 20.3 Å². The summed E-state index contributed by atoms with van der Waals surface area (Å²) in [5.74, 6) is 1.97. The highest BCUT2D eigenvalue weighted by atomic mass is 16.5. The molecule has 1 heterocycles. The minimum atomic E-state index is 0.143. The lowest BCUT2D eigenvalue weighted by Crippen LogP contribution is -2.27. The van der Waals surface area contributed by atoms with Gasteiger partial charge in [0.05, 0.1) is 14.2 Å². The van der Waals surface area contributed by atoms with E-state index in [2.05, 4.69) is 11.4 Å². The number of carbonyl (C=O) groups excluding carboxylic acids is 1. The van der Waals surface area contributed by atoms with Gasteiger partial charge in [-0.2, -0.15) is 0 Å². The van der Waals surface area contributed by atoms with Crippen molar-refractivity contribution >= 4 is 5.78 Å². The van der Waals surface area contributed by atoms with Crippen molar-refractivity contribution < 1.29 is 14.3 Å². The molecule has 0 radical (unpaired) electrons. The van der Waals surface area contributed by atoms with Gasteiger partial charge in [-0.3, -0.25) is 4.79 Å². The zero-order valence-corrected chi connectivity index (χ0v) is 12.6. The van der Waals surface area contributed by atoms with Gasteiger partial charge < -0.3 is 14.8 Å². The third kappa shape index (κ3) is 2.68. The molecule has 0 bridgehead atoms. The fraction of sp³-hybridized carbons (Fsp3) is 0.471. The van der Waals surface area contributed by atoms with Crippen LogP contribution in [0.3, 0.4) is 0 Å². The van der Waals surface area contributed by atoms with Gasteiger partial charge in [-0.15, -0.1) is 0 Å². The first-order chi connectivity index (χ1) is 10.2. The van der Waals surface area contributed by atoms with Crippen molar-refractivity contribution in [3.63, 3.8) is 0 Å². The molecule has 0 aromatic heterocycles. The number of rotatable bonds is 3. The second kappa shape index (κ2) is 5.90. The van der Waals surface area contributed by atoms with Crippen LogP contribution in [0.4, 0.5) is 0 Å². The first kappa shape index (κ1) is 14.1. The van der Waals surface area contributed by atoms with Crippen LogP contribution in [0.25, 0.3) is 0 Å². The molecule has 1 saturated heterocycles. The minimum Gasteiger partial charge on any atom is -0.493 e. The molecule has 1 aromatic carbocycles. The van der Waals surface area contributed by atoms with Crippen molar-refractivity contribution in [3.05, 3.63) is 34.9 Å². The topological polar surface area (TPSA) is 47.6 Å². The Morgan fingerprint density at radius 1 is 1.14 bits per heavy atom. The van der Waals surface area contributed by atoms with E-state index < -0.39 is 0 Å². The summed E-state index contributed by atoms with van der Waals surface area (Å²) >= 11 is 0. The fourth-order valence-electron chi connectivity index (χ4n) is 3.17. The first-order valence-corrected chi connectivity index (χ1v) is 7.44. The van der Waals surface area contributed by atoms with Gasteiger partial charge in [0.1, 0.15) is 0 Å². The number of nitrogens with one attached hydrogen (secondary N) is 1. The normalized spacial score (nSPS) is 20.7. The molecule has 2 aliphatic rings. The second-order valence-electron chi connectivity index (χ2n) is 5.65. The Bertz CT molecular complexity index is 586. The Hall–Kier alpha value is -1.81. The van der Waals surface area contributed by atoms with Crippen LogP contribution in [-0.4, -0.2) is 33.1 Å². The summed E-state index contributed by atoms with van der Waals surface area (Å²) in [6.07, 6.45) is 5.11. The predicted molar refractivity (Wildman–Crippen MR) is 81.3 cm³/mol. The standard InChI is InChI=1S/C17H21NO3/c1-20-15-9-12-8-13(7-11-3-5-18-6-4-11)17(19)14(12)10-16(15)21-2/h7,9-11,18H,3-6,8H2,1-2H3/b13-7-. The Kier molecular flexibility index (Phi) is 3.97. The molecule has 1 N–H and O–H groups in total. The van der Waals surface area contributed by atoms with Crippen molar-refractivity contribution in [2.24, 2.45) is 5.92 Å². The number of benzene rings is 1. The molecule has 112 valence electrons. The summed E-state index contributed by atoms with van der Waals surface area (Å²) in [7, 11) is 3.21. The smallest absolute Gasteiger partial charge is 0.189 e. The molecule has 0 saturated carbocycles. The van der Waals surface area contributed by atoms with Crippen molar-refractivity contribution in [2.75, 3.05) is 27.3 Å². The summed E-state index contributed by atoms with van der Waals surface area (Å²) in [5, 5.41) is 3.35. The zero-order valence-electron chi connectivity index (χ0n) is 12.6. The molecule has 0 amide bonds. The molecule has 4 heteroatoms. The van der Waals surface area contributed by atoms with Crippen LogP contribution in [0.5, 0.6) is 11.5 Å². The highest BCUT2D eigenvalue weighted by Gasteiger charge is 2.28. The van der Waals surface area contributed by atoms with Crippen LogP contribution < -0.4 is 14.8 Å². The molecule has 1 aliphatic heterocycles. The number of piperidine rings is 1. The van der Waals surface area contributed by atoms with Gasteiger partial charge in [-0.05, 0) is 49.5 Å². The van der Waals surface area contributed by atoms with E-state index >= 15 is 0 Å². The Labute approximate surface area is 125 Å². The molecule has 0 atom stereocenters. The summed E-state index contributed by atoms with van der Waals surface area (Å²) in [5.41, 5.74) is 2.72. The Morgan fingerprint density at radius 3 is 2.48 bits per heavy atom. The quantitative estimate of drug-likeness (QED) is 0.867. The predicted octanol–water partition coefficient (Wildman–Crippen LogP) is 2.37. The van der Waals surface area contributed by atoms with Gasteiger partial charge in [0, 0.05) is 17.6 Å². The van der Waals surface area contributed by atoms with Crippen molar-refractivity contribution in [2.45, 2.75) is 19.3 Å². The number of hydrogen-bond acceptors (Lipinski definition) is 4. The highest BCUT2D eigenvalue weighted by molar-refractivity contribution is 6.13. The molecule has 4 nitrogen and oxygen atoms in total. The Balaban J connectivity index is 1.89. The third-order valence-corrected chi connectivity index (χ3v) is 4.35. The maximum absolute atomic E-state index is 12.6. The molecular weight excluding hydrogens is 266 g/mol. The average Bonchev–Trinajstić information content (AvgIpc) is 2.82. The van der Waals surface area contributed by atoms with E-state index in [1.807, 2.05) is 6.07 Å². The number of Topliss-reactive ketones (excluding diaryl/α,β-unsaturated/α-hetero) is 1. The lowest BCUT2D eigenvalue weighted by atomic mass is 9.94. The molecular formula is C17H21NO3. The number of carbonyl (C=O) groups is 1. The molecule has 0 unspecified atom stereocenters. The van der Waals surface area contributed by atoms with Gasteiger partial charge in [0.15, 0.2) is 17.3 Å². The molecule has 1 aromatic rings. The van der Waals surface area contributed by atoms with Crippen molar-refractivity contribution in [1.29, 1.82) is 0 Å². The molecule has 0 spiro atoms. The maximum Gasteiger partial charge on any atom is 0.189 e. The van der Waals surface area contributed by atoms with E-state index in [1.165, 1.54) is 0 Å². The largest absolute Gasteiger partial charge is 0.493 e. The van der Waals surface area contributed by atoms with Gasteiger partial charge >= 0.3 is 0 Å². The van der Waals surface area contributed by atoms with E-state index in [0.29, 0.717) is 23.8 Å². The van der Waals surface area contributed by atoms with Crippen LogP contribution in [-0.2, 0) is 6.42 Å². The number of allylic oxidation sites excluding steroid dienone is 2. The molecule has 3 rings (SSSR count). The summed E-state index contributed by atoms with van der Waals surface area (Å²) in [6, 6.07) is 3.73. The average molecular weight is 287 g/mol. The third-order valence-electron chi connectivity index (χ3n) is 4.35. The molecule has 1 fully saturated rings. The summed E-state index contributed by atoms with van der Waals surface area (Å²) < 4.78 is 10.6. The number of ketones is 1. The summed E-state index contributed by atoms with van der Waals surface area (Å²) in [6.45, 7) is 2.08. The van der Waals surface area contributed by atoms with Gasteiger partial charge in [-0.25, -0.2) is 0 Å². The number of fused-ring (bicyclic) bond motifs is 1. The number of hydrogen-bond donors (Lipinski definition) is 1. The highest BCUT2D eigenvalue weighted by Crippen LogP contribution is 2.37. The molecule has 21 heavy (non-hydrogen) atoms. The van der Waals surface area contributed by atoms with Crippen LogP contribution in [0.2, 0.25) is 0 Å². The monoisotopic (exact) mass is 287 g/mol. The van der Waals surface area contributed by atoms with E-state index in [4.69, 9.17) is 9.47 Å². The first-order valence-electron chi connectivity index (χ1n) is 7.44. The second-order valence-corrected chi connectivity index (χ2v) is 5.65. The minimum absolute atomic E-state index is 0.143. The van der Waals surface area contributed by atoms with Crippen LogP contribution in [0.1, 0.15) is 28.8 Å². The number of methoxy groups -OCH3 is 2. The van der Waals surface area contributed by atoms with E-state index in [0.717, 1.165) is 42.6 Å². The fourth-order valence-corrected chi connectivity index (χ4v) is 3.17. The maximum atomic E-state index is 12.6. The number of ether oxygens (including phenoxy) is 2. The Morgan fingerprint density at radius 2 is 1.81 bits per heavy atom. The summed E-state index contributed by atoms with van der Waals surface area (Å²) in [4.78, 5) is 12.6. The van der Waals surface area contributed by atoms with Crippen molar-refractivity contribution in [1.82, 2.24) is 5.32 Å². The van der Waals surface area contributed by atoms with Crippen molar-refractivity contribution in [3.8, 4) is 11.5 Å². The van der Waals surface area contributed by atoms with Gasteiger partial charge in [-0.1, -0.05) is 6.08 Å². The van der Waals surface area contributed by atoms with Gasteiger partial charge in [0.2, 0.25) is 0 Å². The lowest BCUT2D eigenvalue weighted by Gasteiger charge is -2.19. The zero-order chi connectivity index (χ0) is 14.8. The van der Waals surface area contributed by atoms with Crippen LogP contribution in [0, 0.1) is 5.92 Å². The van der Waals surface area contributed by atoms with Crippen LogP contribution in [0.15, 0.2) is 23.8 Å². The molecule has 1 aliphatic carbocycles. The van der Waals surface area contributed by atoms with E-state index in [-0.39, 0.29) is 5.78 Å². The van der Waals surface area contributed by atoms with E-state index in [9.17, 15) is 4.79 Å². The lowest BCUT2D eigenvalue weighted by molar-refractivity contribution is 0.103. The van der Waals surface area contributed by atoms with Crippen LogP contribution >= 0.6 is 0 Å².